The second kappa shape index (κ2) is 9.87. The van der Waals surface area contributed by atoms with Crippen LogP contribution in [0.2, 0.25) is 0 Å². The Labute approximate surface area is 187 Å². The Balaban J connectivity index is 1.91. The molecule has 31 heavy (non-hydrogen) atoms. The molecule has 1 aliphatic heterocycles. The van der Waals surface area contributed by atoms with E-state index in [1.165, 1.54) is 0 Å². The minimum absolute atomic E-state index is 0.00586. The summed E-state index contributed by atoms with van der Waals surface area (Å²) in [6.45, 7) is 3.24. The molecule has 2 atom stereocenters. The lowest BCUT2D eigenvalue weighted by atomic mass is 10.0. The van der Waals surface area contributed by atoms with Crippen LogP contribution >= 0.6 is 12.6 Å². The van der Waals surface area contributed by atoms with Crippen molar-refractivity contribution in [1.29, 1.82) is 0 Å². The van der Waals surface area contributed by atoms with Gasteiger partial charge in [-0.15, -0.1) is 0 Å². The highest BCUT2D eigenvalue weighted by Crippen LogP contribution is 2.34. The molecule has 0 saturated carbocycles. The monoisotopic (exact) mass is 442 g/mol. The Morgan fingerprint density at radius 3 is 2.29 bits per heavy atom. The molecule has 3 rings (SSSR count). The van der Waals surface area contributed by atoms with Crippen LogP contribution in [-0.2, 0) is 16.0 Å². The second-order valence-corrected chi connectivity index (χ2v) is 8.04. The number of hydrogen-bond acceptors (Lipinski definition) is 5. The first-order valence-corrected chi connectivity index (χ1v) is 10.7. The van der Waals surface area contributed by atoms with Gasteiger partial charge >= 0.3 is 12.0 Å². The van der Waals surface area contributed by atoms with Crippen molar-refractivity contribution < 1.29 is 24.2 Å². The molecule has 0 aliphatic carbocycles. The topological polar surface area (TPSA) is 87.2 Å². The fraction of sp³-hybridized carbons (Fsp3) is 0.348. The fourth-order valence-electron chi connectivity index (χ4n) is 3.70. The van der Waals surface area contributed by atoms with Gasteiger partial charge in [0.15, 0.2) is 0 Å². The van der Waals surface area contributed by atoms with Crippen molar-refractivity contribution in [2.24, 2.45) is 0 Å². The van der Waals surface area contributed by atoms with Gasteiger partial charge in [0.25, 0.3) is 5.91 Å². The van der Waals surface area contributed by atoms with Crippen LogP contribution in [0.15, 0.2) is 54.6 Å². The van der Waals surface area contributed by atoms with Crippen LogP contribution in [0, 0.1) is 0 Å². The molecule has 1 fully saturated rings. The van der Waals surface area contributed by atoms with Gasteiger partial charge in [-0.25, -0.2) is 4.79 Å². The van der Waals surface area contributed by atoms with E-state index in [2.05, 4.69) is 12.6 Å². The van der Waals surface area contributed by atoms with Crippen LogP contribution in [0.5, 0.6) is 5.75 Å². The van der Waals surface area contributed by atoms with Crippen molar-refractivity contribution in [3.8, 4) is 5.75 Å². The maximum absolute atomic E-state index is 13.4. The molecule has 0 bridgehead atoms. The molecule has 1 heterocycles. The van der Waals surface area contributed by atoms with Gasteiger partial charge < -0.3 is 9.84 Å². The second-order valence-electron chi connectivity index (χ2n) is 7.68. The molecule has 0 aromatic heterocycles. The third kappa shape index (κ3) is 5.19. The Kier molecular flexibility index (Phi) is 7.22. The molecule has 164 valence electrons. The van der Waals surface area contributed by atoms with E-state index >= 15 is 0 Å². The highest BCUT2D eigenvalue weighted by molar-refractivity contribution is 7.80. The van der Waals surface area contributed by atoms with Gasteiger partial charge in [-0.3, -0.25) is 19.4 Å². The number of hydrogen-bond donors (Lipinski definition) is 2. The molecule has 1 aliphatic rings. The zero-order chi connectivity index (χ0) is 22.5. The number of benzene rings is 2. The van der Waals surface area contributed by atoms with E-state index in [-0.39, 0.29) is 11.9 Å². The standard InChI is InChI=1S/C23H26N2O5S/c1-15(2)30-19-10-8-17(9-11-19)21-22(28)25(23(29)24(21)13-20(26)27)18(14-31)12-16-6-4-3-5-7-16/h3-11,15,18,21,31H,12-14H2,1-2H3,(H,26,27). The first-order chi connectivity index (χ1) is 14.8. The molecule has 3 amide bonds. The van der Waals surface area contributed by atoms with Gasteiger partial charge in [-0.1, -0.05) is 42.5 Å². The van der Waals surface area contributed by atoms with E-state index in [9.17, 15) is 19.5 Å². The molecule has 1 N–H and O–H groups in total. The fourth-order valence-corrected chi connectivity index (χ4v) is 3.99. The number of carboxylic acids is 1. The van der Waals surface area contributed by atoms with Crippen LogP contribution < -0.4 is 4.74 Å². The van der Waals surface area contributed by atoms with E-state index in [4.69, 9.17) is 4.74 Å². The zero-order valence-corrected chi connectivity index (χ0v) is 18.4. The summed E-state index contributed by atoms with van der Waals surface area (Å²) in [5.41, 5.74) is 1.50. The van der Waals surface area contributed by atoms with E-state index in [0.717, 1.165) is 15.4 Å². The third-order valence-corrected chi connectivity index (χ3v) is 5.42. The number of amides is 3. The largest absolute Gasteiger partial charge is 0.491 e. The SMILES string of the molecule is CC(C)Oc1ccc(C2C(=O)N(C(CS)Cc3ccccc3)C(=O)N2CC(=O)O)cc1. The lowest BCUT2D eigenvalue weighted by Crippen LogP contribution is -2.44. The first-order valence-electron chi connectivity index (χ1n) is 10.1. The number of carbonyl (C=O) groups excluding carboxylic acids is 2. The van der Waals surface area contributed by atoms with E-state index in [1.807, 2.05) is 44.2 Å². The molecule has 0 radical (unpaired) electrons. The van der Waals surface area contributed by atoms with Crippen LogP contribution in [0.3, 0.4) is 0 Å². The van der Waals surface area contributed by atoms with Crippen LogP contribution in [0.1, 0.15) is 31.0 Å². The Hall–Kier alpha value is -3.00. The molecule has 2 aromatic carbocycles. The Morgan fingerprint density at radius 2 is 1.74 bits per heavy atom. The predicted molar refractivity (Wildman–Crippen MR) is 119 cm³/mol. The predicted octanol–water partition coefficient (Wildman–Crippen LogP) is 3.40. The number of aliphatic carboxylic acids is 1. The summed E-state index contributed by atoms with van der Waals surface area (Å²) in [5.74, 6) is -0.729. The number of rotatable bonds is 9. The minimum atomic E-state index is -1.18. The number of nitrogens with zero attached hydrogens (tertiary/aromatic N) is 2. The van der Waals surface area contributed by atoms with E-state index in [1.54, 1.807) is 24.3 Å². The molecule has 8 heteroatoms. The summed E-state index contributed by atoms with van der Waals surface area (Å²) in [6, 6.07) is 14.2. The Bertz CT molecular complexity index is 933. The van der Waals surface area contributed by atoms with Gasteiger partial charge in [-0.05, 0) is 43.5 Å². The normalized spacial score (nSPS) is 17.4. The lowest BCUT2D eigenvalue weighted by Gasteiger charge is -2.24. The summed E-state index contributed by atoms with van der Waals surface area (Å²) in [6.07, 6.45) is 0.435. The highest BCUT2D eigenvalue weighted by Gasteiger charge is 2.49. The molecule has 0 spiro atoms. The summed E-state index contributed by atoms with van der Waals surface area (Å²) in [5, 5.41) is 9.34. The highest BCUT2D eigenvalue weighted by atomic mass is 32.1. The maximum atomic E-state index is 13.4. The average Bonchev–Trinajstić information content (AvgIpc) is 2.96. The quantitative estimate of drug-likeness (QED) is 0.459. The minimum Gasteiger partial charge on any atom is -0.491 e. The van der Waals surface area contributed by atoms with Gasteiger partial charge in [-0.2, -0.15) is 12.6 Å². The van der Waals surface area contributed by atoms with Crippen LogP contribution in [0.4, 0.5) is 4.79 Å². The molecular weight excluding hydrogens is 416 g/mol. The van der Waals surface area contributed by atoms with Crippen molar-refractivity contribution in [3.05, 3.63) is 65.7 Å². The number of ether oxygens (including phenoxy) is 1. The Morgan fingerprint density at radius 1 is 1.10 bits per heavy atom. The number of urea groups is 1. The molecule has 2 unspecified atom stereocenters. The van der Waals surface area contributed by atoms with Crippen LogP contribution in [0.25, 0.3) is 0 Å². The van der Waals surface area contributed by atoms with Crippen LogP contribution in [-0.4, -0.2) is 57.3 Å². The van der Waals surface area contributed by atoms with Gasteiger partial charge in [0.2, 0.25) is 0 Å². The number of carbonyl (C=O) groups is 3. The summed E-state index contributed by atoms with van der Waals surface area (Å²) in [7, 11) is 0. The van der Waals surface area contributed by atoms with Crippen molar-refractivity contribution in [2.45, 2.75) is 38.5 Å². The number of thiol groups is 1. The molecule has 2 aromatic rings. The third-order valence-electron chi connectivity index (χ3n) is 5.00. The summed E-state index contributed by atoms with van der Waals surface area (Å²) < 4.78 is 5.63. The summed E-state index contributed by atoms with van der Waals surface area (Å²) in [4.78, 5) is 40.2. The van der Waals surface area contributed by atoms with Crippen molar-refractivity contribution >= 4 is 30.5 Å². The molecule has 1 saturated heterocycles. The first kappa shape index (κ1) is 22.7. The summed E-state index contributed by atoms with van der Waals surface area (Å²) >= 11 is 4.37. The zero-order valence-electron chi connectivity index (χ0n) is 17.5. The van der Waals surface area contributed by atoms with Gasteiger partial charge in [0.1, 0.15) is 18.3 Å². The maximum Gasteiger partial charge on any atom is 0.328 e. The molecule has 7 nitrogen and oxygen atoms in total. The molecular formula is C23H26N2O5S. The number of carboxylic acid groups (broad SMARTS) is 1. The van der Waals surface area contributed by atoms with Crippen molar-refractivity contribution in [1.82, 2.24) is 9.80 Å². The van der Waals surface area contributed by atoms with Crippen molar-refractivity contribution in [2.75, 3.05) is 12.3 Å². The lowest BCUT2D eigenvalue weighted by molar-refractivity contribution is -0.138. The number of imide groups is 1. The van der Waals surface area contributed by atoms with E-state index in [0.29, 0.717) is 17.7 Å². The van der Waals surface area contributed by atoms with E-state index < -0.39 is 36.5 Å². The smallest absolute Gasteiger partial charge is 0.328 e. The van der Waals surface area contributed by atoms with Gasteiger partial charge in [0, 0.05) is 5.75 Å². The average molecular weight is 443 g/mol. The van der Waals surface area contributed by atoms with Gasteiger partial charge in [0.05, 0.1) is 12.1 Å². The van der Waals surface area contributed by atoms with Crippen molar-refractivity contribution in [3.63, 3.8) is 0 Å².